The molecule has 0 spiro atoms. The summed E-state index contributed by atoms with van der Waals surface area (Å²) in [5.41, 5.74) is 0.587. The highest BCUT2D eigenvalue weighted by atomic mass is 16.4. The molecule has 4 atom stereocenters. The van der Waals surface area contributed by atoms with Crippen LogP contribution in [0, 0.1) is 0 Å². The number of aromatic hydroxyl groups is 2. The molecule has 0 aliphatic carbocycles. The van der Waals surface area contributed by atoms with Gasteiger partial charge in [0.25, 0.3) is 0 Å². The Morgan fingerprint density at radius 1 is 1.11 bits per heavy atom. The summed E-state index contributed by atoms with van der Waals surface area (Å²) in [7, 11) is 0. The fraction of sp³-hybridized carbons (Fsp3) is 0.611. The van der Waals surface area contributed by atoms with Crippen LogP contribution in [0.2, 0.25) is 0 Å². The Hall–Kier alpha value is -1.91. The van der Waals surface area contributed by atoms with Gasteiger partial charge in [0.15, 0.2) is 11.5 Å². The number of benzene rings is 1. The average molecular weight is 384 g/mol. The van der Waals surface area contributed by atoms with Gasteiger partial charge < -0.3 is 36.0 Å². The zero-order valence-electron chi connectivity index (χ0n) is 15.0. The molecular weight excluding hydrogens is 356 g/mol. The van der Waals surface area contributed by atoms with E-state index in [1.807, 2.05) is 0 Å². The molecule has 0 unspecified atom stereocenters. The van der Waals surface area contributed by atoms with E-state index in [0.717, 1.165) is 0 Å². The van der Waals surface area contributed by atoms with E-state index < -0.39 is 24.4 Å². The maximum Gasteiger partial charge on any atom is 0.224 e. The van der Waals surface area contributed by atoms with Crippen LogP contribution in [-0.4, -0.2) is 92.0 Å². The van der Waals surface area contributed by atoms with E-state index in [9.17, 15) is 35.4 Å². The number of aliphatic hydroxyl groups excluding tert-OH is 4. The minimum absolute atomic E-state index is 0.0861. The standard InChI is InChI=1S/C18H28N2O7/c21-10-12-17(26)18(27)15(24)9-20(12)6-2-1-5-19-16(25)8-11-3-4-13(22)14(23)7-11/h3-4,7,12,15,17-18,21-24,26-27H,1-2,5-6,8-10H2,(H,19,25)/t12-,15+,17-,18-/m1/s1. The minimum atomic E-state index is -1.27. The van der Waals surface area contributed by atoms with Crippen molar-refractivity contribution in [2.24, 2.45) is 0 Å². The molecule has 0 radical (unpaired) electrons. The van der Waals surface area contributed by atoms with Gasteiger partial charge in [0.05, 0.1) is 25.2 Å². The van der Waals surface area contributed by atoms with Gasteiger partial charge in [-0.2, -0.15) is 0 Å². The highest BCUT2D eigenvalue weighted by molar-refractivity contribution is 5.78. The van der Waals surface area contributed by atoms with Crippen molar-refractivity contribution in [2.45, 2.75) is 43.6 Å². The third-order valence-corrected chi connectivity index (χ3v) is 4.81. The number of phenols is 2. The molecule has 2 rings (SSSR count). The first-order valence-electron chi connectivity index (χ1n) is 9.00. The number of rotatable bonds is 8. The molecule has 0 bridgehead atoms. The number of amides is 1. The van der Waals surface area contributed by atoms with Crippen molar-refractivity contribution < 1.29 is 35.4 Å². The van der Waals surface area contributed by atoms with Crippen LogP contribution in [0.5, 0.6) is 11.5 Å². The average Bonchev–Trinajstić information content (AvgIpc) is 2.63. The normalized spacial score (nSPS) is 26.1. The Morgan fingerprint density at radius 3 is 2.52 bits per heavy atom. The van der Waals surface area contributed by atoms with Gasteiger partial charge in [0.1, 0.15) is 12.2 Å². The maximum absolute atomic E-state index is 11.9. The van der Waals surface area contributed by atoms with Gasteiger partial charge in [-0.15, -0.1) is 0 Å². The Bertz CT molecular complexity index is 628. The smallest absolute Gasteiger partial charge is 0.224 e. The van der Waals surface area contributed by atoms with Crippen LogP contribution in [0.3, 0.4) is 0 Å². The molecule has 27 heavy (non-hydrogen) atoms. The summed E-state index contributed by atoms with van der Waals surface area (Å²) in [6.45, 7) is 0.795. The number of unbranched alkanes of at least 4 members (excludes halogenated alkanes) is 1. The second-order valence-corrected chi connectivity index (χ2v) is 6.85. The third-order valence-electron chi connectivity index (χ3n) is 4.81. The Labute approximate surface area is 157 Å². The Morgan fingerprint density at radius 2 is 1.85 bits per heavy atom. The van der Waals surface area contributed by atoms with E-state index in [0.29, 0.717) is 31.5 Å². The second-order valence-electron chi connectivity index (χ2n) is 6.85. The predicted octanol–water partition coefficient (Wildman–Crippen LogP) is -1.70. The van der Waals surface area contributed by atoms with Crippen molar-refractivity contribution >= 4 is 5.91 Å². The third kappa shape index (κ3) is 5.78. The number of likely N-dealkylation sites (tertiary alicyclic amines) is 1. The number of aliphatic hydroxyl groups is 4. The molecule has 1 saturated heterocycles. The van der Waals surface area contributed by atoms with Crippen molar-refractivity contribution in [1.82, 2.24) is 10.2 Å². The summed E-state index contributed by atoms with van der Waals surface area (Å²) in [4.78, 5) is 13.6. The van der Waals surface area contributed by atoms with Crippen molar-refractivity contribution in [3.8, 4) is 11.5 Å². The van der Waals surface area contributed by atoms with Crippen molar-refractivity contribution in [3.05, 3.63) is 23.8 Å². The fourth-order valence-corrected chi connectivity index (χ4v) is 3.23. The van der Waals surface area contributed by atoms with Gasteiger partial charge in [0.2, 0.25) is 5.91 Å². The largest absolute Gasteiger partial charge is 0.504 e. The van der Waals surface area contributed by atoms with E-state index in [1.54, 1.807) is 11.0 Å². The van der Waals surface area contributed by atoms with Crippen molar-refractivity contribution in [1.29, 1.82) is 0 Å². The Kier molecular flexibility index (Phi) is 7.81. The minimum Gasteiger partial charge on any atom is -0.504 e. The van der Waals surface area contributed by atoms with Gasteiger partial charge in [-0.3, -0.25) is 9.69 Å². The first-order valence-corrected chi connectivity index (χ1v) is 9.00. The van der Waals surface area contributed by atoms with Crippen LogP contribution in [0.1, 0.15) is 18.4 Å². The van der Waals surface area contributed by atoms with Crippen LogP contribution in [0.25, 0.3) is 0 Å². The zero-order valence-corrected chi connectivity index (χ0v) is 15.0. The van der Waals surface area contributed by atoms with Gasteiger partial charge in [-0.05, 0) is 37.1 Å². The monoisotopic (exact) mass is 384 g/mol. The SMILES string of the molecule is O=C(Cc1ccc(O)c(O)c1)NCCCCN1C[C@H](O)[C@@H](O)[C@H](O)[C@H]1CO. The van der Waals surface area contributed by atoms with Gasteiger partial charge in [-0.25, -0.2) is 0 Å². The molecular formula is C18H28N2O7. The second kappa shape index (κ2) is 9.86. The number of piperidine rings is 1. The molecule has 1 aliphatic rings. The lowest BCUT2D eigenvalue weighted by molar-refractivity contribution is -0.145. The molecule has 1 aromatic rings. The molecule has 0 saturated carbocycles. The molecule has 1 aromatic carbocycles. The molecule has 1 heterocycles. The number of nitrogens with one attached hydrogen (secondary N) is 1. The van der Waals surface area contributed by atoms with Gasteiger partial charge in [0, 0.05) is 13.1 Å². The van der Waals surface area contributed by atoms with Gasteiger partial charge >= 0.3 is 0 Å². The molecule has 9 nitrogen and oxygen atoms in total. The lowest BCUT2D eigenvalue weighted by Gasteiger charge is -2.43. The maximum atomic E-state index is 11.9. The van der Waals surface area contributed by atoms with Crippen LogP contribution in [0.15, 0.2) is 18.2 Å². The van der Waals surface area contributed by atoms with E-state index >= 15 is 0 Å². The first-order chi connectivity index (χ1) is 12.8. The number of β-amino-alcohol motifs (C(OH)–C–C–N with tert-alkyl or cyclic N) is 1. The molecule has 152 valence electrons. The van der Waals surface area contributed by atoms with Crippen molar-refractivity contribution in [2.75, 3.05) is 26.2 Å². The molecule has 9 heteroatoms. The fourth-order valence-electron chi connectivity index (χ4n) is 3.23. The highest BCUT2D eigenvalue weighted by Crippen LogP contribution is 2.25. The van der Waals surface area contributed by atoms with Crippen molar-refractivity contribution in [3.63, 3.8) is 0 Å². The van der Waals surface area contributed by atoms with Crippen LogP contribution >= 0.6 is 0 Å². The van der Waals surface area contributed by atoms with Gasteiger partial charge in [-0.1, -0.05) is 6.07 Å². The number of hydrogen-bond acceptors (Lipinski definition) is 8. The number of carbonyl (C=O) groups is 1. The van der Waals surface area contributed by atoms with E-state index in [2.05, 4.69) is 5.32 Å². The zero-order chi connectivity index (χ0) is 20.0. The van der Waals surface area contributed by atoms with Crippen LogP contribution < -0.4 is 5.32 Å². The lowest BCUT2D eigenvalue weighted by atomic mass is 9.94. The summed E-state index contributed by atoms with van der Waals surface area (Å²) in [5.74, 6) is -0.712. The van der Waals surface area contributed by atoms with E-state index in [-0.39, 0.29) is 37.0 Å². The topological polar surface area (TPSA) is 154 Å². The number of hydrogen-bond donors (Lipinski definition) is 7. The molecule has 1 aliphatic heterocycles. The quantitative estimate of drug-likeness (QED) is 0.207. The molecule has 0 aromatic heterocycles. The van der Waals surface area contributed by atoms with Crippen LogP contribution in [-0.2, 0) is 11.2 Å². The Balaban J connectivity index is 1.68. The highest BCUT2D eigenvalue weighted by Gasteiger charge is 2.40. The summed E-state index contributed by atoms with van der Waals surface area (Å²) in [6, 6.07) is 3.60. The molecule has 7 N–H and O–H groups in total. The summed E-state index contributed by atoms with van der Waals surface area (Å²) in [5, 5.41) is 60.2. The van der Waals surface area contributed by atoms with E-state index in [4.69, 9.17) is 0 Å². The molecule has 1 amide bonds. The summed E-state index contributed by atoms with van der Waals surface area (Å²) in [6.07, 6.45) is -2.12. The summed E-state index contributed by atoms with van der Waals surface area (Å²) >= 11 is 0. The summed E-state index contributed by atoms with van der Waals surface area (Å²) < 4.78 is 0. The number of nitrogens with zero attached hydrogens (tertiary/aromatic N) is 1. The molecule has 1 fully saturated rings. The first kappa shape index (κ1) is 21.4. The van der Waals surface area contributed by atoms with Crippen LogP contribution in [0.4, 0.5) is 0 Å². The van der Waals surface area contributed by atoms with E-state index in [1.165, 1.54) is 12.1 Å². The number of carbonyl (C=O) groups excluding carboxylic acids is 1. The predicted molar refractivity (Wildman–Crippen MR) is 96.2 cm³/mol. The number of phenolic OH excluding ortho intramolecular Hbond substituents is 2. The lowest BCUT2D eigenvalue weighted by Crippen LogP contribution is -2.62.